The Balaban J connectivity index is 1.58. The highest BCUT2D eigenvalue weighted by Crippen LogP contribution is 2.26. The normalized spacial score (nSPS) is 15.8. The number of nitrogens with zero attached hydrogens (tertiary/aromatic N) is 3. The molecule has 1 N–H and O–H groups in total. The molecular weight excluding hydrogens is 260 g/mol. The Morgan fingerprint density at radius 1 is 1.38 bits per heavy atom. The molecule has 2 heterocycles. The fraction of sp³-hybridized carbons (Fsp3) is 0.471. The lowest BCUT2D eigenvalue weighted by molar-refractivity contribution is 0.450. The number of aryl methyl sites for hydroxylation is 1. The van der Waals surface area contributed by atoms with E-state index < -0.39 is 0 Å². The Morgan fingerprint density at radius 2 is 2.29 bits per heavy atom. The summed E-state index contributed by atoms with van der Waals surface area (Å²) in [5.41, 5.74) is 4.26. The van der Waals surface area contributed by atoms with Crippen LogP contribution in [0.4, 0.5) is 5.69 Å². The molecule has 1 atom stereocenters. The number of rotatable bonds is 5. The zero-order chi connectivity index (χ0) is 14.7. The van der Waals surface area contributed by atoms with Crippen molar-refractivity contribution < 1.29 is 0 Å². The molecule has 21 heavy (non-hydrogen) atoms. The summed E-state index contributed by atoms with van der Waals surface area (Å²) in [5, 5.41) is 7.83. The number of fused-ring (bicyclic) bond motifs is 1. The van der Waals surface area contributed by atoms with E-state index in [9.17, 15) is 0 Å². The van der Waals surface area contributed by atoms with Crippen molar-refractivity contribution in [3.05, 3.63) is 47.8 Å². The van der Waals surface area contributed by atoms with Crippen LogP contribution in [0.5, 0.6) is 0 Å². The third kappa shape index (κ3) is 3.45. The van der Waals surface area contributed by atoms with E-state index in [2.05, 4.69) is 47.5 Å². The molecule has 4 heteroatoms. The van der Waals surface area contributed by atoms with Crippen LogP contribution in [0.3, 0.4) is 0 Å². The third-order valence-corrected chi connectivity index (χ3v) is 4.17. The predicted octanol–water partition coefficient (Wildman–Crippen LogP) is 2.44. The second kappa shape index (κ2) is 6.31. The highest BCUT2D eigenvalue weighted by Gasteiger charge is 2.13. The molecule has 0 spiro atoms. The average molecular weight is 284 g/mol. The zero-order valence-corrected chi connectivity index (χ0v) is 12.9. The first-order valence-electron chi connectivity index (χ1n) is 7.76. The fourth-order valence-electron chi connectivity index (χ4n) is 2.99. The molecule has 0 saturated heterocycles. The van der Waals surface area contributed by atoms with Gasteiger partial charge >= 0.3 is 0 Å². The molecule has 0 bridgehead atoms. The predicted molar refractivity (Wildman–Crippen MR) is 86.6 cm³/mol. The molecule has 112 valence electrons. The molecule has 3 rings (SSSR count). The van der Waals surface area contributed by atoms with Crippen LogP contribution in [0, 0.1) is 0 Å². The molecule has 0 fully saturated rings. The quantitative estimate of drug-likeness (QED) is 0.915. The zero-order valence-electron chi connectivity index (χ0n) is 12.9. The van der Waals surface area contributed by atoms with Crippen molar-refractivity contribution in [3.8, 4) is 0 Å². The van der Waals surface area contributed by atoms with E-state index >= 15 is 0 Å². The maximum atomic E-state index is 4.25. The van der Waals surface area contributed by atoms with E-state index in [1.54, 1.807) is 0 Å². The molecule has 1 unspecified atom stereocenters. The molecule has 4 nitrogen and oxygen atoms in total. The minimum atomic E-state index is 0.406. The Morgan fingerprint density at radius 3 is 3.10 bits per heavy atom. The maximum Gasteiger partial charge on any atom is 0.0560 e. The smallest absolute Gasteiger partial charge is 0.0560 e. The van der Waals surface area contributed by atoms with Crippen LogP contribution in [0.25, 0.3) is 0 Å². The molecule has 0 saturated carbocycles. The summed E-state index contributed by atoms with van der Waals surface area (Å²) in [6.07, 6.45) is 6.30. The molecule has 1 aliphatic rings. The summed E-state index contributed by atoms with van der Waals surface area (Å²) in [4.78, 5) is 2.36. The van der Waals surface area contributed by atoms with Gasteiger partial charge in [-0.05, 0) is 43.0 Å². The van der Waals surface area contributed by atoms with Crippen LogP contribution >= 0.6 is 0 Å². The van der Waals surface area contributed by atoms with Gasteiger partial charge in [0.1, 0.15) is 0 Å². The average Bonchev–Trinajstić information content (AvgIpc) is 2.98. The Labute approximate surface area is 126 Å². The summed E-state index contributed by atoms with van der Waals surface area (Å²) in [6.45, 7) is 5.19. The largest absolute Gasteiger partial charge is 0.374 e. The van der Waals surface area contributed by atoms with Crippen molar-refractivity contribution in [2.75, 3.05) is 18.5 Å². The van der Waals surface area contributed by atoms with Crippen molar-refractivity contribution in [2.45, 2.75) is 38.9 Å². The standard InChI is InChI=1S/C17H24N4/c1-14(13-21-10-4-8-19-21)18-12-15-6-7-17-16(11-15)5-3-9-20(17)2/h4,6-8,10-11,14,18H,3,5,9,12-13H2,1-2H3. The molecule has 1 aromatic heterocycles. The van der Waals surface area contributed by atoms with Gasteiger partial charge in [0.05, 0.1) is 6.54 Å². The summed E-state index contributed by atoms with van der Waals surface area (Å²) >= 11 is 0. The maximum absolute atomic E-state index is 4.25. The van der Waals surface area contributed by atoms with Gasteiger partial charge in [-0.25, -0.2) is 0 Å². The van der Waals surface area contributed by atoms with Gasteiger partial charge in [0.25, 0.3) is 0 Å². The van der Waals surface area contributed by atoms with Crippen molar-refractivity contribution in [1.29, 1.82) is 0 Å². The van der Waals surface area contributed by atoms with E-state index in [1.807, 2.05) is 23.1 Å². The molecule has 1 aliphatic heterocycles. The highest BCUT2D eigenvalue weighted by atomic mass is 15.3. The van der Waals surface area contributed by atoms with Crippen LogP contribution < -0.4 is 10.2 Å². The van der Waals surface area contributed by atoms with E-state index in [1.165, 1.54) is 36.2 Å². The SMILES string of the molecule is CC(Cn1cccn1)NCc1ccc2c(c1)CCCN2C. The van der Waals surface area contributed by atoms with Crippen molar-refractivity contribution in [2.24, 2.45) is 0 Å². The minimum Gasteiger partial charge on any atom is -0.374 e. The van der Waals surface area contributed by atoms with Gasteiger partial charge < -0.3 is 10.2 Å². The highest BCUT2D eigenvalue weighted by molar-refractivity contribution is 5.56. The number of aromatic nitrogens is 2. The van der Waals surface area contributed by atoms with Gasteiger partial charge in [0, 0.05) is 44.3 Å². The second-order valence-corrected chi connectivity index (χ2v) is 6.00. The lowest BCUT2D eigenvalue weighted by Gasteiger charge is -2.28. The van der Waals surface area contributed by atoms with Crippen LogP contribution in [0.1, 0.15) is 24.5 Å². The molecule has 0 amide bonds. The molecule has 1 aromatic carbocycles. The number of anilines is 1. The minimum absolute atomic E-state index is 0.406. The van der Waals surface area contributed by atoms with Crippen LogP contribution in [-0.4, -0.2) is 29.4 Å². The number of hydrogen-bond donors (Lipinski definition) is 1. The summed E-state index contributed by atoms with van der Waals surface area (Å²) in [5.74, 6) is 0. The van der Waals surface area contributed by atoms with Crippen molar-refractivity contribution in [1.82, 2.24) is 15.1 Å². The van der Waals surface area contributed by atoms with Crippen molar-refractivity contribution >= 4 is 5.69 Å². The Bertz CT molecular complexity index is 576. The first-order chi connectivity index (χ1) is 10.2. The van der Waals surface area contributed by atoms with Crippen molar-refractivity contribution in [3.63, 3.8) is 0 Å². The lowest BCUT2D eigenvalue weighted by atomic mass is 9.99. The van der Waals surface area contributed by atoms with Gasteiger partial charge in [0.2, 0.25) is 0 Å². The molecular formula is C17H24N4. The van der Waals surface area contributed by atoms with Gasteiger partial charge in [-0.1, -0.05) is 12.1 Å². The van der Waals surface area contributed by atoms with Crippen LogP contribution in [0.15, 0.2) is 36.7 Å². The second-order valence-electron chi connectivity index (χ2n) is 6.00. The van der Waals surface area contributed by atoms with Gasteiger partial charge in [-0.15, -0.1) is 0 Å². The summed E-state index contributed by atoms with van der Waals surface area (Å²) < 4.78 is 1.97. The topological polar surface area (TPSA) is 33.1 Å². The molecule has 2 aromatic rings. The van der Waals surface area contributed by atoms with Gasteiger partial charge in [-0.2, -0.15) is 5.10 Å². The third-order valence-electron chi connectivity index (χ3n) is 4.17. The van der Waals surface area contributed by atoms with Crippen LogP contribution in [0.2, 0.25) is 0 Å². The summed E-state index contributed by atoms with van der Waals surface area (Å²) in [7, 11) is 2.18. The fourth-order valence-corrected chi connectivity index (χ4v) is 2.99. The number of nitrogens with one attached hydrogen (secondary N) is 1. The van der Waals surface area contributed by atoms with E-state index in [0.29, 0.717) is 6.04 Å². The van der Waals surface area contributed by atoms with Gasteiger partial charge in [-0.3, -0.25) is 4.68 Å². The van der Waals surface area contributed by atoms with Gasteiger partial charge in [0.15, 0.2) is 0 Å². The number of hydrogen-bond acceptors (Lipinski definition) is 3. The molecule has 0 aliphatic carbocycles. The Kier molecular flexibility index (Phi) is 4.25. The summed E-state index contributed by atoms with van der Waals surface area (Å²) in [6, 6.07) is 9.24. The monoisotopic (exact) mass is 284 g/mol. The van der Waals surface area contributed by atoms with E-state index in [0.717, 1.165) is 13.1 Å². The van der Waals surface area contributed by atoms with E-state index in [4.69, 9.17) is 0 Å². The molecule has 0 radical (unpaired) electrons. The lowest BCUT2D eigenvalue weighted by Crippen LogP contribution is -2.30. The first-order valence-corrected chi connectivity index (χ1v) is 7.76. The van der Waals surface area contributed by atoms with E-state index in [-0.39, 0.29) is 0 Å². The van der Waals surface area contributed by atoms with Crippen LogP contribution in [-0.2, 0) is 19.5 Å². The number of benzene rings is 1. The Hall–Kier alpha value is -1.81. The first kappa shape index (κ1) is 14.1.